The smallest absolute Gasteiger partial charge is 0.194 e. The molecule has 1 aromatic heterocycles. The van der Waals surface area contributed by atoms with Gasteiger partial charge in [0.15, 0.2) is 17.5 Å². The number of aromatic nitrogens is 2. The Morgan fingerprint density at radius 2 is 1.90 bits per heavy atom. The molecule has 1 heterocycles. The topological polar surface area (TPSA) is 50.1 Å². The van der Waals surface area contributed by atoms with Gasteiger partial charge in [0.05, 0.1) is 6.20 Å². The molecular weight excluding hydrogens is 283 g/mol. The maximum absolute atomic E-state index is 13.1. The molecule has 0 saturated heterocycles. The minimum atomic E-state index is -1.49. The van der Waals surface area contributed by atoms with E-state index in [1.807, 2.05) is 0 Å². The molecule has 2 N–H and O–H groups in total. The fraction of sp³-hybridized carbons (Fsp3) is 0.357. The van der Waals surface area contributed by atoms with Gasteiger partial charge in [-0.15, -0.1) is 0 Å². The summed E-state index contributed by atoms with van der Waals surface area (Å²) in [5.74, 6) is -3.95. The van der Waals surface area contributed by atoms with Gasteiger partial charge in [0, 0.05) is 31.9 Å². The van der Waals surface area contributed by atoms with Crippen LogP contribution in [0.3, 0.4) is 0 Å². The third-order valence-electron chi connectivity index (χ3n) is 3.17. The lowest BCUT2D eigenvalue weighted by Gasteiger charge is -2.22. The third kappa shape index (κ3) is 3.62. The molecule has 7 heteroatoms. The number of nitrogens with one attached hydrogen (secondary N) is 1. The third-order valence-corrected chi connectivity index (χ3v) is 3.17. The second-order valence-electron chi connectivity index (χ2n) is 5.15. The highest BCUT2D eigenvalue weighted by Crippen LogP contribution is 2.19. The average molecular weight is 299 g/mol. The van der Waals surface area contributed by atoms with Crippen LogP contribution in [0.4, 0.5) is 13.2 Å². The minimum absolute atomic E-state index is 0.102. The molecule has 0 aliphatic carbocycles. The Balaban J connectivity index is 1.98. The minimum Gasteiger partial charge on any atom is -0.384 e. The predicted molar refractivity (Wildman–Crippen MR) is 70.8 cm³/mol. The SMILES string of the molecule is Cn1cc(C(C)(O)CNCc2cc(F)c(F)c(F)c2)cn1. The molecule has 2 rings (SSSR count). The van der Waals surface area contributed by atoms with Crippen LogP contribution in [0.15, 0.2) is 24.5 Å². The van der Waals surface area contributed by atoms with Gasteiger partial charge in [-0.1, -0.05) is 0 Å². The van der Waals surface area contributed by atoms with Gasteiger partial charge in [-0.2, -0.15) is 5.10 Å². The number of nitrogens with zero attached hydrogens (tertiary/aromatic N) is 2. The Morgan fingerprint density at radius 1 is 1.29 bits per heavy atom. The fourth-order valence-corrected chi connectivity index (χ4v) is 1.96. The molecular formula is C14H16F3N3O. The molecule has 1 atom stereocenters. The van der Waals surface area contributed by atoms with Crippen LogP contribution in [0.25, 0.3) is 0 Å². The van der Waals surface area contributed by atoms with Crippen LogP contribution in [-0.4, -0.2) is 21.4 Å². The Kier molecular flexibility index (Phi) is 4.34. The number of halogens is 3. The largest absolute Gasteiger partial charge is 0.384 e. The first kappa shape index (κ1) is 15.5. The molecule has 1 unspecified atom stereocenters. The van der Waals surface area contributed by atoms with Crippen molar-refractivity contribution in [3.05, 3.63) is 53.1 Å². The summed E-state index contributed by atoms with van der Waals surface area (Å²) in [6.07, 6.45) is 3.22. The van der Waals surface area contributed by atoms with E-state index in [1.54, 1.807) is 31.0 Å². The van der Waals surface area contributed by atoms with Crippen LogP contribution < -0.4 is 5.32 Å². The first-order valence-corrected chi connectivity index (χ1v) is 6.35. The first-order chi connectivity index (χ1) is 9.79. The van der Waals surface area contributed by atoms with E-state index < -0.39 is 23.1 Å². The van der Waals surface area contributed by atoms with Gasteiger partial charge in [-0.05, 0) is 24.6 Å². The van der Waals surface area contributed by atoms with Crippen molar-refractivity contribution in [2.75, 3.05) is 6.54 Å². The van der Waals surface area contributed by atoms with Gasteiger partial charge < -0.3 is 10.4 Å². The second kappa shape index (κ2) is 5.87. The molecule has 0 saturated carbocycles. The first-order valence-electron chi connectivity index (χ1n) is 6.35. The van der Waals surface area contributed by atoms with E-state index in [2.05, 4.69) is 10.4 Å². The standard InChI is InChI=1S/C14H16F3N3O/c1-14(21,10-6-19-20(2)7-10)8-18-5-9-3-11(15)13(17)12(16)4-9/h3-4,6-7,18,21H,5,8H2,1-2H3. The Labute approximate surface area is 120 Å². The second-order valence-corrected chi connectivity index (χ2v) is 5.15. The highest BCUT2D eigenvalue weighted by molar-refractivity contribution is 5.20. The van der Waals surface area contributed by atoms with E-state index in [0.717, 1.165) is 12.1 Å². The number of rotatable bonds is 5. The molecule has 0 fully saturated rings. The molecule has 4 nitrogen and oxygen atoms in total. The Bertz CT molecular complexity index is 617. The summed E-state index contributed by atoms with van der Waals surface area (Å²) < 4.78 is 40.5. The molecule has 114 valence electrons. The maximum atomic E-state index is 13.1. The molecule has 0 aliphatic rings. The Morgan fingerprint density at radius 3 is 2.43 bits per heavy atom. The van der Waals surface area contributed by atoms with E-state index in [4.69, 9.17) is 0 Å². The van der Waals surface area contributed by atoms with Crippen molar-refractivity contribution >= 4 is 0 Å². The quantitative estimate of drug-likeness (QED) is 0.828. The maximum Gasteiger partial charge on any atom is 0.194 e. The van der Waals surface area contributed by atoms with Crippen LogP contribution in [-0.2, 0) is 19.2 Å². The van der Waals surface area contributed by atoms with Gasteiger partial charge in [-0.25, -0.2) is 13.2 Å². The van der Waals surface area contributed by atoms with Crippen molar-refractivity contribution in [3.63, 3.8) is 0 Å². The zero-order valence-corrected chi connectivity index (χ0v) is 11.7. The summed E-state index contributed by atoms with van der Waals surface area (Å²) in [4.78, 5) is 0. The summed E-state index contributed by atoms with van der Waals surface area (Å²) in [5, 5.41) is 17.2. The predicted octanol–water partition coefficient (Wildman–Crippen LogP) is 1.83. The van der Waals surface area contributed by atoms with Crippen molar-refractivity contribution in [2.24, 2.45) is 7.05 Å². The Hall–Kier alpha value is -1.86. The van der Waals surface area contributed by atoms with Crippen molar-refractivity contribution < 1.29 is 18.3 Å². The van der Waals surface area contributed by atoms with E-state index >= 15 is 0 Å². The number of aliphatic hydroxyl groups is 1. The number of benzene rings is 1. The summed E-state index contributed by atoms with van der Waals surface area (Å²) in [6.45, 7) is 1.85. The van der Waals surface area contributed by atoms with Crippen LogP contribution >= 0.6 is 0 Å². The lowest BCUT2D eigenvalue weighted by molar-refractivity contribution is 0.0566. The van der Waals surface area contributed by atoms with Gasteiger partial charge in [0.25, 0.3) is 0 Å². The van der Waals surface area contributed by atoms with Crippen LogP contribution in [0, 0.1) is 17.5 Å². The van der Waals surface area contributed by atoms with Crippen molar-refractivity contribution in [2.45, 2.75) is 19.1 Å². The molecule has 0 spiro atoms. The normalized spacial score (nSPS) is 14.2. The summed E-state index contributed by atoms with van der Waals surface area (Å²) >= 11 is 0. The molecule has 1 aromatic carbocycles. The lowest BCUT2D eigenvalue weighted by atomic mass is 9.99. The van der Waals surface area contributed by atoms with Crippen molar-refractivity contribution in [1.29, 1.82) is 0 Å². The van der Waals surface area contributed by atoms with E-state index in [9.17, 15) is 18.3 Å². The summed E-state index contributed by atoms with van der Waals surface area (Å²) in [5.41, 5.74) is -0.298. The van der Waals surface area contributed by atoms with Crippen LogP contribution in [0.2, 0.25) is 0 Å². The summed E-state index contributed by atoms with van der Waals surface area (Å²) in [7, 11) is 1.73. The van der Waals surface area contributed by atoms with E-state index in [0.29, 0.717) is 5.56 Å². The molecule has 21 heavy (non-hydrogen) atoms. The molecule has 0 radical (unpaired) electrons. The molecule has 0 aliphatic heterocycles. The van der Waals surface area contributed by atoms with E-state index in [-0.39, 0.29) is 18.7 Å². The zero-order chi connectivity index (χ0) is 15.6. The summed E-state index contributed by atoms with van der Waals surface area (Å²) in [6, 6.07) is 1.84. The van der Waals surface area contributed by atoms with Crippen LogP contribution in [0.5, 0.6) is 0 Å². The highest BCUT2D eigenvalue weighted by atomic mass is 19.2. The fourth-order valence-electron chi connectivity index (χ4n) is 1.96. The van der Waals surface area contributed by atoms with Gasteiger partial charge >= 0.3 is 0 Å². The average Bonchev–Trinajstić information content (AvgIpc) is 2.83. The molecule has 0 bridgehead atoms. The highest BCUT2D eigenvalue weighted by Gasteiger charge is 2.24. The number of hydrogen-bond acceptors (Lipinski definition) is 3. The zero-order valence-electron chi connectivity index (χ0n) is 11.7. The van der Waals surface area contributed by atoms with Gasteiger partial charge in [-0.3, -0.25) is 4.68 Å². The lowest BCUT2D eigenvalue weighted by Crippen LogP contribution is -2.34. The molecule has 0 amide bonds. The van der Waals surface area contributed by atoms with Crippen molar-refractivity contribution in [3.8, 4) is 0 Å². The monoisotopic (exact) mass is 299 g/mol. The van der Waals surface area contributed by atoms with Gasteiger partial charge in [0.1, 0.15) is 5.60 Å². The van der Waals surface area contributed by atoms with Gasteiger partial charge in [0.2, 0.25) is 0 Å². The van der Waals surface area contributed by atoms with Crippen molar-refractivity contribution in [1.82, 2.24) is 15.1 Å². The van der Waals surface area contributed by atoms with E-state index in [1.165, 1.54) is 0 Å². The molecule has 2 aromatic rings. The number of hydrogen-bond donors (Lipinski definition) is 2. The van der Waals surface area contributed by atoms with Crippen LogP contribution in [0.1, 0.15) is 18.1 Å². The number of aryl methyl sites for hydroxylation is 1.